The average molecular weight is 468 g/mol. The Labute approximate surface area is 193 Å². The maximum atomic E-state index is 13.4. The van der Waals surface area contributed by atoms with E-state index in [0.717, 1.165) is 21.0 Å². The van der Waals surface area contributed by atoms with E-state index in [1.54, 1.807) is 18.2 Å². The van der Waals surface area contributed by atoms with Gasteiger partial charge in [0.1, 0.15) is 0 Å². The van der Waals surface area contributed by atoms with Crippen LogP contribution in [0.3, 0.4) is 0 Å². The summed E-state index contributed by atoms with van der Waals surface area (Å²) in [6.45, 7) is 4.86. The van der Waals surface area contributed by atoms with Crippen molar-refractivity contribution in [2.24, 2.45) is 0 Å². The summed E-state index contributed by atoms with van der Waals surface area (Å²) in [6, 6.07) is 18.1. The van der Waals surface area contributed by atoms with Gasteiger partial charge < -0.3 is 5.32 Å². The van der Waals surface area contributed by atoms with E-state index in [1.165, 1.54) is 31.2 Å². The molecular formula is C24H25N3O5S. The van der Waals surface area contributed by atoms with Crippen molar-refractivity contribution in [3.8, 4) is 0 Å². The second-order valence-corrected chi connectivity index (χ2v) is 9.76. The molecule has 0 bridgehead atoms. The maximum Gasteiger partial charge on any atom is 0.274 e. The Balaban J connectivity index is 1.90. The molecular weight excluding hydrogens is 442 g/mol. The van der Waals surface area contributed by atoms with Crippen molar-refractivity contribution in [1.82, 2.24) is 4.31 Å². The molecule has 0 heterocycles. The Kier molecular flexibility index (Phi) is 7.25. The number of carbonyl (C=O) groups excluding carboxylic acids is 1. The van der Waals surface area contributed by atoms with E-state index >= 15 is 0 Å². The van der Waals surface area contributed by atoms with Crippen LogP contribution < -0.4 is 5.32 Å². The molecule has 0 saturated carbocycles. The minimum Gasteiger partial charge on any atom is -0.324 e. The van der Waals surface area contributed by atoms with E-state index < -0.39 is 27.4 Å². The second kappa shape index (κ2) is 9.93. The largest absolute Gasteiger partial charge is 0.324 e. The predicted molar refractivity (Wildman–Crippen MR) is 126 cm³/mol. The maximum absolute atomic E-state index is 13.4. The number of nitro groups is 1. The average Bonchev–Trinajstić information content (AvgIpc) is 2.76. The number of carbonyl (C=O) groups is 1. The SMILES string of the molecule is Cc1ccc(CN(CC(=O)Nc2cccc([N+](=O)[O-])c2C)S(=O)(=O)c2ccc(C)cc2)cc1. The summed E-state index contributed by atoms with van der Waals surface area (Å²) >= 11 is 0. The van der Waals surface area contributed by atoms with Crippen LogP contribution in [0.4, 0.5) is 11.4 Å². The zero-order valence-corrected chi connectivity index (χ0v) is 19.4. The first kappa shape index (κ1) is 24.1. The van der Waals surface area contributed by atoms with Crippen LogP contribution in [0.1, 0.15) is 22.3 Å². The molecule has 0 saturated heterocycles. The number of benzene rings is 3. The molecule has 8 nitrogen and oxygen atoms in total. The van der Waals surface area contributed by atoms with Crippen molar-refractivity contribution in [3.05, 3.63) is 99.1 Å². The highest BCUT2D eigenvalue weighted by atomic mass is 32.2. The molecule has 1 amide bonds. The number of amides is 1. The topological polar surface area (TPSA) is 110 Å². The minimum absolute atomic E-state index is 0.00215. The molecule has 172 valence electrons. The summed E-state index contributed by atoms with van der Waals surface area (Å²) in [5.74, 6) is -0.596. The van der Waals surface area contributed by atoms with E-state index in [4.69, 9.17) is 0 Å². The summed E-state index contributed by atoms with van der Waals surface area (Å²) in [7, 11) is -3.98. The molecule has 33 heavy (non-hydrogen) atoms. The molecule has 0 unspecified atom stereocenters. The van der Waals surface area contributed by atoms with Crippen LogP contribution in [-0.2, 0) is 21.4 Å². The van der Waals surface area contributed by atoms with E-state index in [1.807, 2.05) is 38.1 Å². The zero-order chi connectivity index (χ0) is 24.2. The van der Waals surface area contributed by atoms with Crippen molar-refractivity contribution < 1.29 is 18.1 Å². The lowest BCUT2D eigenvalue weighted by molar-refractivity contribution is -0.385. The van der Waals surface area contributed by atoms with Crippen LogP contribution in [0.15, 0.2) is 71.6 Å². The third-order valence-electron chi connectivity index (χ3n) is 5.23. The molecule has 1 N–H and O–H groups in total. The Bertz CT molecular complexity index is 1270. The molecule has 3 aromatic rings. The highest BCUT2D eigenvalue weighted by Gasteiger charge is 2.27. The number of hydrogen-bond donors (Lipinski definition) is 1. The molecule has 0 aliphatic rings. The van der Waals surface area contributed by atoms with Gasteiger partial charge in [-0.3, -0.25) is 14.9 Å². The summed E-state index contributed by atoms with van der Waals surface area (Å²) in [4.78, 5) is 23.6. The summed E-state index contributed by atoms with van der Waals surface area (Å²) < 4.78 is 27.8. The fourth-order valence-corrected chi connectivity index (χ4v) is 4.67. The van der Waals surface area contributed by atoms with E-state index in [9.17, 15) is 23.3 Å². The molecule has 0 aliphatic carbocycles. The Morgan fingerprint density at radius 2 is 1.52 bits per heavy atom. The van der Waals surface area contributed by atoms with Crippen molar-refractivity contribution in [2.75, 3.05) is 11.9 Å². The summed E-state index contributed by atoms with van der Waals surface area (Å²) in [5.41, 5.74) is 3.11. The number of aryl methyl sites for hydroxylation is 2. The van der Waals surface area contributed by atoms with Gasteiger partial charge in [0.15, 0.2) is 0 Å². The number of nitrogens with zero attached hydrogens (tertiary/aromatic N) is 2. The Morgan fingerprint density at radius 1 is 0.939 bits per heavy atom. The highest BCUT2D eigenvalue weighted by Crippen LogP contribution is 2.25. The Morgan fingerprint density at radius 3 is 2.09 bits per heavy atom. The third-order valence-corrected chi connectivity index (χ3v) is 7.04. The molecule has 9 heteroatoms. The summed E-state index contributed by atoms with van der Waals surface area (Å²) in [6.07, 6.45) is 0. The summed E-state index contributed by atoms with van der Waals surface area (Å²) in [5, 5.41) is 13.8. The van der Waals surface area contributed by atoms with Crippen molar-refractivity contribution in [3.63, 3.8) is 0 Å². The first-order valence-electron chi connectivity index (χ1n) is 10.2. The van der Waals surface area contributed by atoms with E-state index in [0.29, 0.717) is 5.56 Å². The smallest absolute Gasteiger partial charge is 0.274 e. The Hall–Kier alpha value is -3.56. The van der Waals surface area contributed by atoms with Gasteiger partial charge in [-0.1, -0.05) is 53.6 Å². The molecule has 3 aromatic carbocycles. The number of rotatable bonds is 8. The van der Waals surface area contributed by atoms with Gasteiger partial charge in [-0.2, -0.15) is 4.31 Å². The van der Waals surface area contributed by atoms with Gasteiger partial charge >= 0.3 is 0 Å². The number of sulfonamides is 1. The highest BCUT2D eigenvalue weighted by molar-refractivity contribution is 7.89. The van der Waals surface area contributed by atoms with Crippen LogP contribution in [0.2, 0.25) is 0 Å². The number of anilines is 1. The lowest BCUT2D eigenvalue weighted by Crippen LogP contribution is -2.37. The fraction of sp³-hybridized carbons (Fsp3) is 0.208. The normalized spacial score (nSPS) is 11.4. The number of nitrogens with one attached hydrogen (secondary N) is 1. The lowest BCUT2D eigenvalue weighted by Gasteiger charge is -2.22. The number of hydrogen-bond acceptors (Lipinski definition) is 5. The van der Waals surface area contributed by atoms with Crippen molar-refractivity contribution in [2.45, 2.75) is 32.2 Å². The quantitative estimate of drug-likeness (QED) is 0.391. The van der Waals surface area contributed by atoms with Crippen LogP contribution >= 0.6 is 0 Å². The van der Waals surface area contributed by atoms with Crippen molar-refractivity contribution >= 4 is 27.3 Å². The van der Waals surface area contributed by atoms with Crippen LogP contribution in [-0.4, -0.2) is 30.1 Å². The van der Waals surface area contributed by atoms with Gasteiger partial charge in [-0.25, -0.2) is 8.42 Å². The van der Waals surface area contributed by atoms with Gasteiger partial charge in [-0.15, -0.1) is 0 Å². The van der Waals surface area contributed by atoms with E-state index in [2.05, 4.69) is 5.32 Å². The third kappa shape index (κ3) is 5.82. The van der Waals surface area contributed by atoms with Gasteiger partial charge in [0.05, 0.1) is 27.6 Å². The van der Waals surface area contributed by atoms with Crippen molar-refractivity contribution in [1.29, 1.82) is 0 Å². The predicted octanol–water partition coefficient (Wildman–Crippen LogP) is 4.35. The molecule has 3 rings (SSSR count). The van der Waals surface area contributed by atoms with Gasteiger partial charge in [0, 0.05) is 12.6 Å². The van der Waals surface area contributed by atoms with Crippen LogP contribution in [0, 0.1) is 30.9 Å². The standard InChI is InChI=1S/C24H25N3O5S/c1-17-7-11-20(12-8-17)15-26(33(31,32)21-13-9-18(2)10-14-21)16-24(28)25-22-5-4-6-23(19(22)3)27(29)30/h4-14H,15-16H2,1-3H3,(H,25,28). The van der Waals surface area contributed by atoms with E-state index in [-0.39, 0.29) is 22.8 Å². The monoisotopic (exact) mass is 467 g/mol. The first-order chi connectivity index (χ1) is 15.6. The molecule has 0 fully saturated rings. The molecule has 0 spiro atoms. The zero-order valence-electron chi connectivity index (χ0n) is 18.6. The van der Waals surface area contributed by atoms with Gasteiger partial charge in [0.25, 0.3) is 5.69 Å². The first-order valence-corrected chi connectivity index (χ1v) is 11.7. The van der Waals surface area contributed by atoms with Gasteiger partial charge in [-0.05, 0) is 44.5 Å². The lowest BCUT2D eigenvalue weighted by atomic mass is 10.1. The second-order valence-electron chi connectivity index (χ2n) is 7.83. The molecule has 0 radical (unpaired) electrons. The number of nitro benzene ring substituents is 1. The molecule has 0 atom stereocenters. The van der Waals surface area contributed by atoms with Crippen LogP contribution in [0.5, 0.6) is 0 Å². The fourth-order valence-electron chi connectivity index (χ4n) is 3.29. The molecule has 0 aliphatic heterocycles. The minimum atomic E-state index is -3.98. The molecule has 0 aromatic heterocycles. The van der Waals surface area contributed by atoms with Crippen LogP contribution in [0.25, 0.3) is 0 Å². The van der Waals surface area contributed by atoms with Gasteiger partial charge in [0.2, 0.25) is 15.9 Å².